The molecule has 4 heteroatoms. The second-order valence-electron chi connectivity index (χ2n) is 2.13. The van der Waals surface area contributed by atoms with E-state index < -0.39 is 5.76 Å². The Kier molecular flexibility index (Phi) is 8.06. The van der Waals surface area contributed by atoms with Gasteiger partial charge in [-0.3, -0.25) is 9.59 Å². The normalized spacial score (nSPS) is 8.09. The van der Waals surface area contributed by atoms with E-state index in [4.69, 9.17) is 0 Å². The largest absolute Gasteiger partial charge is 1.00 e. The maximum atomic E-state index is 10.6. The molecule has 0 rings (SSSR count). The molecule has 0 saturated heterocycles. The summed E-state index contributed by atoms with van der Waals surface area (Å²) in [5.74, 6) is -1.01. The Balaban J connectivity index is 0. The van der Waals surface area contributed by atoms with Gasteiger partial charge in [0, 0.05) is 6.42 Å². The predicted octanol–water partition coefficient (Wildman–Crippen LogP) is -3.20. The molecular weight excluding hydrogens is 155 g/mol. The van der Waals surface area contributed by atoms with Crippen LogP contribution < -0.4 is 34.7 Å². The van der Waals surface area contributed by atoms with Gasteiger partial charge in [-0.1, -0.05) is 0 Å². The summed E-state index contributed by atoms with van der Waals surface area (Å²) in [7, 11) is 0. The molecule has 0 aromatic carbocycles. The van der Waals surface area contributed by atoms with Crippen molar-refractivity contribution in [2.75, 3.05) is 0 Å². The van der Waals surface area contributed by atoms with Crippen molar-refractivity contribution in [2.45, 2.75) is 19.8 Å². The van der Waals surface area contributed by atoms with Crippen molar-refractivity contribution in [3.05, 3.63) is 12.3 Å². The third-order valence-electron chi connectivity index (χ3n) is 0.840. The van der Waals surface area contributed by atoms with Gasteiger partial charge in [0.2, 0.25) is 0 Å². The Morgan fingerprint density at radius 1 is 1.36 bits per heavy atom. The second-order valence-corrected chi connectivity index (χ2v) is 2.13. The molecule has 0 aliphatic rings. The molecule has 0 N–H and O–H groups in total. The molecule has 0 bridgehead atoms. The molecular formula is C7H9NaO3. The van der Waals surface area contributed by atoms with Gasteiger partial charge in [0.25, 0.3) is 0 Å². The molecule has 0 aliphatic heterocycles. The Hall–Kier alpha value is -0.120. The van der Waals surface area contributed by atoms with E-state index >= 15 is 0 Å². The predicted molar refractivity (Wildman–Crippen MR) is 34.1 cm³/mol. The molecule has 56 valence electrons. The zero-order valence-corrected chi connectivity index (χ0v) is 8.85. The van der Waals surface area contributed by atoms with Gasteiger partial charge in [0.15, 0.2) is 0 Å². The SMILES string of the molecule is C=C([O-])CC(=O)CC(C)=O.[Na+]. The van der Waals surface area contributed by atoms with E-state index in [1.165, 1.54) is 6.92 Å². The smallest absolute Gasteiger partial charge is 0.876 e. The molecule has 0 aliphatic carbocycles. The van der Waals surface area contributed by atoms with Crippen LogP contribution in [0.1, 0.15) is 19.8 Å². The first kappa shape index (κ1) is 13.5. The van der Waals surface area contributed by atoms with E-state index in [9.17, 15) is 14.7 Å². The summed E-state index contributed by atoms with van der Waals surface area (Å²) >= 11 is 0. The average Bonchev–Trinajstić information content (AvgIpc) is 1.58. The molecule has 0 spiro atoms. The monoisotopic (exact) mass is 164 g/mol. The van der Waals surface area contributed by atoms with Crippen LogP contribution in [-0.4, -0.2) is 11.6 Å². The fourth-order valence-electron chi connectivity index (χ4n) is 0.560. The zero-order chi connectivity index (χ0) is 8.15. The van der Waals surface area contributed by atoms with Crippen LogP contribution in [0, 0.1) is 0 Å². The fourth-order valence-corrected chi connectivity index (χ4v) is 0.560. The van der Waals surface area contributed by atoms with Crippen molar-refractivity contribution >= 4 is 11.6 Å². The molecule has 0 amide bonds. The number of Topliss-reactive ketones (excluding diaryl/α,β-unsaturated/α-hetero) is 2. The third kappa shape index (κ3) is 9.88. The minimum atomic E-state index is -0.439. The van der Waals surface area contributed by atoms with Crippen molar-refractivity contribution in [1.29, 1.82) is 0 Å². The molecule has 0 aromatic rings. The summed E-state index contributed by atoms with van der Waals surface area (Å²) < 4.78 is 0. The van der Waals surface area contributed by atoms with Gasteiger partial charge in [-0.2, -0.15) is 0 Å². The molecule has 0 heterocycles. The van der Waals surface area contributed by atoms with Crippen LogP contribution in [0.5, 0.6) is 0 Å². The van der Waals surface area contributed by atoms with E-state index in [1.807, 2.05) is 0 Å². The summed E-state index contributed by atoms with van der Waals surface area (Å²) in [6.07, 6.45) is -0.374. The molecule has 0 aromatic heterocycles. The number of carbonyl (C=O) groups excluding carboxylic acids is 2. The summed E-state index contributed by atoms with van der Waals surface area (Å²) in [6.45, 7) is 4.33. The van der Waals surface area contributed by atoms with Crippen LogP contribution in [0.3, 0.4) is 0 Å². The molecule has 0 radical (unpaired) electrons. The van der Waals surface area contributed by atoms with Crippen LogP contribution in [-0.2, 0) is 9.59 Å². The zero-order valence-electron chi connectivity index (χ0n) is 6.85. The Morgan fingerprint density at radius 3 is 2.09 bits per heavy atom. The summed E-state index contributed by atoms with van der Waals surface area (Å²) in [5, 5.41) is 10.2. The van der Waals surface area contributed by atoms with E-state index in [2.05, 4.69) is 6.58 Å². The van der Waals surface area contributed by atoms with E-state index in [0.717, 1.165) is 0 Å². The third-order valence-corrected chi connectivity index (χ3v) is 0.840. The van der Waals surface area contributed by atoms with Crippen LogP contribution in [0.4, 0.5) is 0 Å². The maximum absolute atomic E-state index is 10.6. The molecule has 0 saturated carbocycles. The first-order valence-electron chi connectivity index (χ1n) is 2.88. The van der Waals surface area contributed by atoms with Gasteiger partial charge in [0.05, 0.1) is 6.42 Å². The van der Waals surface area contributed by atoms with Gasteiger partial charge < -0.3 is 5.11 Å². The fraction of sp³-hybridized carbons (Fsp3) is 0.429. The number of hydrogen-bond donors (Lipinski definition) is 0. The summed E-state index contributed by atoms with van der Waals surface area (Å²) in [4.78, 5) is 20.9. The first-order chi connectivity index (χ1) is 4.52. The van der Waals surface area contributed by atoms with Gasteiger partial charge in [-0.25, -0.2) is 0 Å². The Labute approximate surface area is 87.8 Å². The van der Waals surface area contributed by atoms with E-state index in [-0.39, 0.29) is 54.0 Å². The van der Waals surface area contributed by atoms with Crippen molar-refractivity contribution < 1.29 is 44.3 Å². The quantitative estimate of drug-likeness (QED) is 0.250. The van der Waals surface area contributed by atoms with Gasteiger partial charge in [-0.15, -0.1) is 12.3 Å². The van der Waals surface area contributed by atoms with Gasteiger partial charge in [0.1, 0.15) is 11.6 Å². The number of allylic oxidation sites excluding steroid dienone is 1. The van der Waals surface area contributed by atoms with Gasteiger partial charge >= 0.3 is 29.6 Å². The minimum Gasteiger partial charge on any atom is -0.876 e. The number of hydrogen-bond acceptors (Lipinski definition) is 3. The van der Waals surface area contributed by atoms with Crippen LogP contribution in [0.15, 0.2) is 12.3 Å². The van der Waals surface area contributed by atoms with Crippen molar-refractivity contribution in [3.8, 4) is 0 Å². The van der Waals surface area contributed by atoms with Crippen LogP contribution >= 0.6 is 0 Å². The minimum absolute atomic E-state index is 0. The summed E-state index contributed by atoms with van der Waals surface area (Å²) in [6, 6.07) is 0. The topological polar surface area (TPSA) is 57.2 Å². The Morgan fingerprint density at radius 2 is 1.82 bits per heavy atom. The van der Waals surface area contributed by atoms with Crippen molar-refractivity contribution in [2.24, 2.45) is 0 Å². The second kappa shape index (κ2) is 6.58. The number of rotatable bonds is 4. The Bertz CT molecular complexity index is 157. The first-order valence-corrected chi connectivity index (χ1v) is 2.88. The van der Waals surface area contributed by atoms with Crippen molar-refractivity contribution in [3.63, 3.8) is 0 Å². The molecule has 0 fully saturated rings. The molecule has 11 heavy (non-hydrogen) atoms. The molecule has 3 nitrogen and oxygen atoms in total. The molecule has 0 unspecified atom stereocenters. The van der Waals surface area contributed by atoms with E-state index in [1.54, 1.807) is 0 Å². The van der Waals surface area contributed by atoms with Crippen molar-refractivity contribution in [1.82, 2.24) is 0 Å². The number of carbonyl (C=O) groups is 2. The maximum Gasteiger partial charge on any atom is 1.00 e. The van der Waals surface area contributed by atoms with E-state index in [0.29, 0.717) is 0 Å². The summed E-state index contributed by atoms with van der Waals surface area (Å²) in [5.41, 5.74) is 0. The number of ketones is 2. The molecule has 0 atom stereocenters. The van der Waals surface area contributed by atoms with Crippen LogP contribution in [0.2, 0.25) is 0 Å². The standard InChI is InChI=1S/C7H10O3.Na/c1-5(8)3-7(10)4-6(2)9;/h8H,1,3-4H2,2H3;/q;+1/p-1. The van der Waals surface area contributed by atoms with Gasteiger partial charge in [-0.05, 0) is 6.92 Å². The van der Waals surface area contributed by atoms with Crippen LogP contribution in [0.25, 0.3) is 0 Å². The average molecular weight is 164 g/mol.